The van der Waals surface area contributed by atoms with Crippen LogP contribution in [-0.2, 0) is 19.1 Å². The van der Waals surface area contributed by atoms with E-state index >= 15 is 0 Å². The summed E-state index contributed by atoms with van der Waals surface area (Å²) in [4.78, 5) is 24.3. The number of Topliss-reactive ketones (excluding diaryl/α,β-unsaturated/α-hetero) is 1. The molecule has 6 heteroatoms. The Morgan fingerprint density at radius 2 is 1.96 bits per heavy atom. The first-order valence-electron chi connectivity index (χ1n) is 7.19. The number of hydrogen-bond acceptors (Lipinski definition) is 5. The lowest BCUT2D eigenvalue weighted by atomic mass is 9.81. The van der Waals surface area contributed by atoms with Gasteiger partial charge in [-0.25, -0.2) is 9.18 Å². The van der Waals surface area contributed by atoms with Crippen molar-refractivity contribution in [3.8, 4) is 0 Å². The third kappa shape index (κ3) is 3.11. The van der Waals surface area contributed by atoms with E-state index in [1.807, 2.05) is 0 Å². The summed E-state index contributed by atoms with van der Waals surface area (Å²) in [5.74, 6) is -2.49. The number of rotatable bonds is 4. The van der Waals surface area contributed by atoms with Crippen LogP contribution in [0.25, 0.3) is 0 Å². The molecule has 1 aliphatic heterocycles. The average molecular weight is 319 g/mol. The monoisotopic (exact) mass is 319 g/mol. The van der Waals surface area contributed by atoms with Crippen molar-refractivity contribution in [2.45, 2.75) is 26.7 Å². The Morgan fingerprint density at radius 1 is 1.30 bits per heavy atom. The zero-order chi connectivity index (χ0) is 17.1. The highest BCUT2D eigenvalue weighted by Gasteiger charge is 2.39. The molecule has 1 atom stereocenters. The fraction of sp³-hybridized carbons (Fsp3) is 0.294. The Kier molecular flexibility index (Phi) is 4.83. The van der Waals surface area contributed by atoms with Gasteiger partial charge in [-0.2, -0.15) is 0 Å². The fourth-order valence-corrected chi connectivity index (χ4v) is 2.66. The summed E-state index contributed by atoms with van der Waals surface area (Å²) in [5.41, 5.74) is 6.13. The van der Waals surface area contributed by atoms with Crippen LogP contribution in [0.1, 0.15) is 32.3 Å². The highest BCUT2D eigenvalue weighted by molar-refractivity contribution is 6.01. The fourth-order valence-electron chi connectivity index (χ4n) is 2.66. The maximum absolute atomic E-state index is 14.3. The quantitative estimate of drug-likeness (QED) is 0.863. The van der Waals surface area contributed by atoms with Crippen LogP contribution in [0.2, 0.25) is 0 Å². The zero-order valence-corrected chi connectivity index (χ0v) is 13.2. The predicted molar refractivity (Wildman–Crippen MR) is 81.5 cm³/mol. The third-order valence-electron chi connectivity index (χ3n) is 3.58. The standard InChI is InChI=1S/C17H18FNO4/c1-4-22-17(21)15-14(11-7-5-6-8-12(11)18)13(9(2)20)10(3)23-16(15)19/h5-8,14H,4,19H2,1-3H3/t14-/m1/s1. The molecule has 0 saturated heterocycles. The molecule has 5 nitrogen and oxygen atoms in total. The molecule has 2 N–H and O–H groups in total. The van der Waals surface area contributed by atoms with Gasteiger partial charge in [0.05, 0.1) is 12.5 Å². The van der Waals surface area contributed by atoms with Gasteiger partial charge in [-0.15, -0.1) is 0 Å². The highest BCUT2D eigenvalue weighted by atomic mass is 19.1. The first kappa shape index (κ1) is 16.7. The van der Waals surface area contributed by atoms with Gasteiger partial charge in [-0.3, -0.25) is 4.79 Å². The molecule has 0 aromatic heterocycles. The SMILES string of the molecule is CCOC(=O)C1=C(N)OC(C)=C(C(C)=O)[C@H]1c1ccccc1F. The van der Waals surface area contributed by atoms with E-state index in [1.165, 1.54) is 25.1 Å². The van der Waals surface area contributed by atoms with E-state index in [9.17, 15) is 14.0 Å². The van der Waals surface area contributed by atoms with Crippen LogP contribution >= 0.6 is 0 Å². The van der Waals surface area contributed by atoms with Crippen LogP contribution in [-0.4, -0.2) is 18.4 Å². The molecule has 0 aliphatic carbocycles. The smallest absolute Gasteiger partial charge is 0.340 e. The van der Waals surface area contributed by atoms with Gasteiger partial charge in [0, 0.05) is 11.1 Å². The Hall–Kier alpha value is -2.63. The van der Waals surface area contributed by atoms with E-state index in [2.05, 4.69) is 0 Å². The third-order valence-corrected chi connectivity index (χ3v) is 3.58. The second-order valence-corrected chi connectivity index (χ2v) is 5.08. The van der Waals surface area contributed by atoms with Crippen molar-refractivity contribution in [3.05, 3.63) is 58.4 Å². The Labute approximate surface area is 133 Å². The van der Waals surface area contributed by atoms with Crippen LogP contribution < -0.4 is 5.73 Å². The van der Waals surface area contributed by atoms with E-state index in [4.69, 9.17) is 15.2 Å². The Morgan fingerprint density at radius 3 is 2.52 bits per heavy atom. The van der Waals surface area contributed by atoms with Crippen LogP contribution in [0, 0.1) is 5.82 Å². The van der Waals surface area contributed by atoms with Crippen LogP contribution in [0.15, 0.2) is 47.1 Å². The topological polar surface area (TPSA) is 78.6 Å². The summed E-state index contributed by atoms with van der Waals surface area (Å²) < 4.78 is 24.6. The van der Waals surface area contributed by atoms with Gasteiger partial charge in [-0.05, 0) is 26.8 Å². The molecule has 0 saturated carbocycles. The van der Waals surface area contributed by atoms with Gasteiger partial charge in [0.25, 0.3) is 0 Å². The molecule has 0 unspecified atom stereocenters. The van der Waals surface area contributed by atoms with Crippen molar-refractivity contribution in [1.82, 2.24) is 0 Å². The van der Waals surface area contributed by atoms with Crippen molar-refractivity contribution in [1.29, 1.82) is 0 Å². The number of carbonyl (C=O) groups is 2. The molecule has 1 heterocycles. The van der Waals surface area contributed by atoms with E-state index in [1.54, 1.807) is 19.9 Å². The number of hydrogen-bond donors (Lipinski definition) is 1. The van der Waals surface area contributed by atoms with Gasteiger partial charge in [0.15, 0.2) is 5.78 Å². The number of carbonyl (C=O) groups excluding carboxylic acids is 2. The first-order chi connectivity index (χ1) is 10.9. The van der Waals surface area contributed by atoms with Crippen molar-refractivity contribution in [2.24, 2.45) is 5.73 Å². The maximum atomic E-state index is 14.3. The summed E-state index contributed by atoms with van der Waals surface area (Å²) in [5, 5.41) is 0. The predicted octanol–water partition coefficient (Wildman–Crippen LogP) is 2.54. The highest BCUT2D eigenvalue weighted by Crippen LogP contribution is 2.41. The minimum absolute atomic E-state index is 0.0623. The Balaban J connectivity index is 2.69. The van der Waals surface area contributed by atoms with Gasteiger partial charge < -0.3 is 15.2 Å². The Bertz CT molecular complexity index is 721. The van der Waals surface area contributed by atoms with E-state index in [0.29, 0.717) is 0 Å². The van der Waals surface area contributed by atoms with Gasteiger partial charge >= 0.3 is 5.97 Å². The second kappa shape index (κ2) is 6.64. The van der Waals surface area contributed by atoms with E-state index in [-0.39, 0.29) is 40.7 Å². The first-order valence-corrected chi connectivity index (χ1v) is 7.19. The number of nitrogens with two attached hydrogens (primary N) is 1. The van der Waals surface area contributed by atoms with Crippen molar-refractivity contribution >= 4 is 11.8 Å². The van der Waals surface area contributed by atoms with Crippen molar-refractivity contribution < 1.29 is 23.5 Å². The molecule has 0 bridgehead atoms. The number of ether oxygens (including phenoxy) is 2. The van der Waals surface area contributed by atoms with Gasteiger partial charge in [-0.1, -0.05) is 18.2 Å². The summed E-state index contributed by atoms with van der Waals surface area (Å²) in [6.07, 6.45) is 0. The number of esters is 1. The second-order valence-electron chi connectivity index (χ2n) is 5.08. The van der Waals surface area contributed by atoms with Crippen LogP contribution in [0.4, 0.5) is 4.39 Å². The van der Waals surface area contributed by atoms with E-state index < -0.39 is 17.7 Å². The molecule has 1 aromatic carbocycles. The van der Waals surface area contributed by atoms with Crippen LogP contribution in [0.5, 0.6) is 0 Å². The lowest BCUT2D eigenvalue weighted by molar-refractivity contribution is -0.139. The number of halogens is 1. The molecule has 2 rings (SSSR count). The maximum Gasteiger partial charge on any atom is 0.340 e. The summed E-state index contributed by atoms with van der Waals surface area (Å²) in [6, 6.07) is 5.92. The molecule has 23 heavy (non-hydrogen) atoms. The van der Waals surface area contributed by atoms with Gasteiger partial charge in [0.1, 0.15) is 17.1 Å². The molecule has 1 aliphatic rings. The summed E-state index contributed by atoms with van der Waals surface area (Å²) in [7, 11) is 0. The minimum atomic E-state index is -0.957. The number of ketones is 1. The van der Waals surface area contributed by atoms with Crippen molar-refractivity contribution in [3.63, 3.8) is 0 Å². The molecule has 0 fully saturated rings. The molecule has 0 radical (unpaired) electrons. The molecule has 1 aromatic rings. The summed E-state index contributed by atoms with van der Waals surface area (Å²) >= 11 is 0. The average Bonchev–Trinajstić information content (AvgIpc) is 2.46. The molecule has 122 valence electrons. The lowest BCUT2D eigenvalue weighted by Gasteiger charge is -2.28. The van der Waals surface area contributed by atoms with Crippen LogP contribution in [0.3, 0.4) is 0 Å². The summed E-state index contributed by atoms with van der Waals surface area (Å²) in [6.45, 7) is 4.65. The molecule has 0 spiro atoms. The minimum Gasteiger partial charge on any atom is -0.462 e. The normalized spacial score (nSPS) is 17.8. The largest absolute Gasteiger partial charge is 0.462 e. The van der Waals surface area contributed by atoms with Gasteiger partial charge in [0.2, 0.25) is 5.88 Å². The molecular formula is C17H18FNO4. The zero-order valence-electron chi connectivity index (χ0n) is 13.2. The molecule has 0 amide bonds. The number of benzene rings is 1. The van der Waals surface area contributed by atoms with E-state index in [0.717, 1.165) is 0 Å². The number of allylic oxidation sites excluding steroid dienone is 2. The lowest BCUT2D eigenvalue weighted by Crippen LogP contribution is -2.29. The van der Waals surface area contributed by atoms with Crippen molar-refractivity contribution in [2.75, 3.05) is 6.61 Å². The molecular weight excluding hydrogens is 301 g/mol.